The molecule has 144 valence electrons. The summed E-state index contributed by atoms with van der Waals surface area (Å²) >= 11 is 0. The number of aromatic nitrogens is 1. The van der Waals surface area contributed by atoms with E-state index in [0.717, 1.165) is 55.8 Å². The van der Waals surface area contributed by atoms with Crippen molar-refractivity contribution in [2.45, 2.75) is 32.3 Å². The van der Waals surface area contributed by atoms with E-state index in [-0.39, 0.29) is 11.9 Å². The van der Waals surface area contributed by atoms with Gasteiger partial charge in [-0.15, -0.1) is 0 Å². The average molecular weight is 369 g/mol. The first-order valence-electron chi connectivity index (χ1n) is 9.57. The number of nitrogens with one attached hydrogen (secondary N) is 1. The molecule has 0 bridgehead atoms. The minimum Gasteiger partial charge on any atom is -0.384 e. The number of aryl methyl sites for hydroxylation is 1. The fourth-order valence-corrected chi connectivity index (χ4v) is 3.51. The third kappa shape index (κ3) is 6.15. The molecule has 0 amide bonds. The maximum absolute atomic E-state index is 13.1. The number of nitrogens with two attached hydrogens (primary N) is 1. The smallest absolute Gasteiger partial charge is 0.123 e. The molecule has 3 N–H and O–H groups in total. The van der Waals surface area contributed by atoms with Crippen LogP contribution in [-0.2, 0) is 11.2 Å². The predicted octanol–water partition coefficient (Wildman–Crippen LogP) is 3.75. The summed E-state index contributed by atoms with van der Waals surface area (Å²) in [6, 6.07) is 10.6. The number of pyridine rings is 1. The molecule has 27 heavy (non-hydrogen) atoms. The lowest BCUT2D eigenvalue weighted by Crippen LogP contribution is -2.25. The first-order chi connectivity index (χ1) is 13.1. The van der Waals surface area contributed by atoms with Gasteiger partial charge in [0.15, 0.2) is 0 Å². The molecular weight excluding hydrogens is 341 g/mol. The second-order valence-corrected chi connectivity index (χ2v) is 7.19. The van der Waals surface area contributed by atoms with Crippen molar-refractivity contribution >= 4 is 11.9 Å². The van der Waals surface area contributed by atoms with Crippen LogP contribution in [0.4, 0.5) is 10.2 Å². The van der Waals surface area contributed by atoms with Crippen LogP contribution in [0.15, 0.2) is 42.5 Å². The number of allylic oxidation sites excluding steroid dienone is 1. The highest BCUT2D eigenvalue weighted by atomic mass is 19.1. The summed E-state index contributed by atoms with van der Waals surface area (Å²) in [7, 11) is 0. The maximum atomic E-state index is 13.1. The molecule has 1 fully saturated rings. The van der Waals surface area contributed by atoms with Gasteiger partial charge in [-0.3, -0.25) is 0 Å². The Hall–Kier alpha value is -2.24. The number of hydrogen-bond donors (Lipinski definition) is 2. The van der Waals surface area contributed by atoms with Gasteiger partial charge in [0, 0.05) is 31.3 Å². The molecule has 0 radical (unpaired) electrons. The molecule has 2 atom stereocenters. The van der Waals surface area contributed by atoms with Crippen molar-refractivity contribution in [1.82, 2.24) is 10.3 Å². The van der Waals surface area contributed by atoms with Crippen molar-refractivity contribution in [3.8, 4) is 0 Å². The summed E-state index contributed by atoms with van der Waals surface area (Å²) < 4.78 is 19.2. The largest absolute Gasteiger partial charge is 0.384 e. The molecule has 4 nitrogen and oxygen atoms in total. The van der Waals surface area contributed by atoms with Gasteiger partial charge in [0.1, 0.15) is 11.6 Å². The van der Waals surface area contributed by atoms with E-state index in [2.05, 4.69) is 22.4 Å². The number of halogens is 1. The molecule has 0 aliphatic carbocycles. The number of nitrogen functional groups attached to an aromatic ring is 1. The molecular formula is C22H28FN3O. The van der Waals surface area contributed by atoms with Gasteiger partial charge >= 0.3 is 0 Å². The molecule has 2 heterocycles. The minimum atomic E-state index is -0.204. The quantitative estimate of drug-likeness (QED) is 0.696. The highest BCUT2D eigenvalue weighted by molar-refractivity contribution is 5.48. The molecule has 3 rings (SSSR count). The number of hydrogen-bond acceptors (Lipinski definition) is 4. The van der Waals surface area contributed by atoms with E-state index in [0.29, 0.717) is 11.7 Å². The topological polar surface area (TPSA) is 60.2 Å². The highest BCUT2D eigenvalue weighted by Gasteiger charge is 2.28. The van der Waals surface area contributed by atoms with Crippen molar-refractivity contribution in [1.29, 1.82) is 0 Å². The van der Waals surface area contributed by atoms with Crippen LogP contribution in [0.1, 0.15) is 29.7 Å². The summed E-state index contributed by atoms with van der Waals surface area (Å²) in [6.07, 6.45) is 6.98. The average Bonchev–Trinajstić information content (AvgIpc) is 3.04. The Balaban J connectivity index is 1.41. The van der Waals surface area contributed by atoms with Crippen molar-refractivity contribution in [3.63, 3.8) is 0 Å². The van der Waals surface area contributed by atoms with Crippen LogP contribution in [-0.4, -0.2) is 30.8 Å². The van der Waals surface area contributed by atoms with Gasteiger partial charge in [0.2, 0.25) is 0 Å². The molecule has 1 aromatic heterocycles. The van der Waals surface area contributed by atoms with E-state index in [1.54, 1.807) is 6.07 Å². The van der Waals surface area contributed by atoms with Crippen LogP contribution < -0.4 is 11.1 Å². The van der Waals surface area contributed by atoms with Crippen LogP contribution >= 0.6 is 0 Å². The number of ether oxygens (including phenoxy) is 1. The van der Waals surface area contributed by atoms with Gasteiger partial charge in [-0.25, -0.2) is 9.37 Å². The second kappa shape index (κ2) is 9.62. The third-order valence-electron chi connectivity index (χ3n) is 4.80. The van der Waals surface area contributed by atoms with Crippen LogP contribution in [0.3, 0.4) is 0 Å². The highest BCUT2D eigenvalue weighted by Crippen LogP contribution is 2.19. The third-order valence-corrected chi connectivity index (χ3v) is 4.80. The summed E-state index contributed by atoms with van der Waals surface area (Å²) in [5, 5.41) is 3.42. The number of rotatable bonds is 8. The Morgan fingerprint density at radius 2 is 2.19 bits per heavy atom. The molecule has 0 saturated carbocycles. The Kier molecular flexibility index (Phi) is 6.96. The Labute approximate surface area is 160 Å². The Morgan fingerprint density at radius 1 is 1.30 bits per heavy atom. The van der Waals surface area contributed by atoms with E-state index in [4.69, 9.17) is 10.5 Å². The fourth-order valence-electron chi connectivity index (χ4n) is 3.51. The normalized spacial score (nSPS) is 19.8. The number of nitrogens with zero attached hydrogens (tertiary/aromatic N) is 1. The van der Waals surface area contributed by atoms with E-state index >= 15 is 0 Å². The van der Waals surface area contributed by atoms with E-state index in [1.807, 2.05) is 25.1 Å². The number of unbranched alkanes of at least 4 members (excludes halogenated alkanes) is 1. The maximum Gasteiger partial charge on any atom is 0.123 e. The summed E-state index contributed by atoms with van der Waals surface area (Å²) in [5.74, 6) is 0.796. The molecule has 1 aliphatic rings. The van der Waals surface area contributed by atoms with Crippen molar-refractivity contribution < 1.29 is 9.13 Å². The van der Waals surface area contributed by atoms with Gasteiger partial charge < -0.3 is 15.8 Å². The molecule has 2 aromatic rings. The van der Waals surface area contributed by atoms with Crippen LogP contribution in [0.25, 0.3) is 6.08 Å². The van der Waals surface area contributed by atoms with Crippen LogP contribution in [0, 0.1) is 18.7 Å². The van der Waals surface area contributed by atoms with Gasteiger partial charge in [-0.05, 0) is 61.6 Å². The van der Waals surface area contributed by atoms with Crippen molar-refractivity contribution in [2.75, 3.05) is 25.4 Å². The molecule has 1 aliphatic heterocycles. The molecule has 2 unspecified atom stereocenters. The summed E-state index contributed by atoms with van der Waals surface area (Å²) in [4.78, 5) is 4.45. The SMILES string of the molecule is Cc1cc(N)nc(CC2CNCC2OCCCC=Cc2cccc(F)c2)c1. The summed E-state index contributed by atoms with van der Waals surface area (Å²) in [6.45, 7) is 4.59. The zero-order valence-corrected chi connectivity index (χ0v) is 15.8. The number of benzene rings is 1. The van der Waals surface area contributed by atoms with Crippen LogP contribution in [0.5, 0.6) is 0 Å². The zero-order valence-electron chi connectivity index (χ0n) is 15.8. The molecule has 0 spiro atoms. The minimum absolute atomic E-state index is 0.204. The first kappa shape index (κ1) is 19.5. The molecule has 1 saturated heterocycles. The van der Waals surface area contributed by atoms with Gasteiger partial charge in [0.25, 0.3) is 0 Å². The molecule has 5 heteroatoms. The zero-order chi connectivity index (χ0) is 19.1. The lowest BCUT2D eigenvalue weighted by atomic mass is 9.99. The lowest BCUT2D eigenvalue weighted by Gasteiger charge is -2.19. The number of anilines is 1. The summed E-state index contributed by atoms with van der Waals surface area (Å²) in [5.41, 5.74) is 8.93. The predicted molar refractivity (Wildman–Crippen MR) is 108 cm³/mol. The first-order valence-corrected chi connectivity index (χ1v) is 9.57. The lowest BCUT2D eigenvalue weighted by molar-refractivity contribution is 0.0367. The van der Waals surface area contributed by atoms with E-state index in [1.165, 1.54) is 12.1 Å². The van der Waals surface area contributed by atoms with E-state index in [9.17, 15) is 4.39 Å². The van der Waals surface area contributed by atoms with E-state index < -0.39 is 0 Å². The Bertz CT molecular complexity index is 758. The Morgan fingerprint density at radius 3 is 3.00 bits per heavy atom. The monoisotopic (exact) mass is 369 g/mol. The van der Waals surface area contributed by atoms with Gasteiger partial charge in [-0.1, -0.05) is 24.3 Å². The molecule has 1 aromatic carbocycles. The van der Waals surface area contributed by atoms with Gasteiger partial charge in [-0.2, -0.15) is 0 Å². The standard InChI is InChI=1S/C22H28FN3O/c1-16-10-20(26-22(24)11-16)13-18-14-25-15-21(18)27-9-4-2-3-6-17-7-5-8-19(23)12-17/h3,5-8,10-12,18,21,25H,2,4,9,13-15H2,1H3,(H2,24,26). The van der Waals surface area contributed by atoms with Gasteiger partial charge in [0.05, 0.1) is 6.10 Å². The van der Waals surface area contributed by atoms with Crippen molar-refractivity contribution in [3.05, 3.63) is 65.1 Å². The second-order valence-electron chi connectivity index (χ2n) is 7.19. The fraction of sp³-hybridized carbons (Fsp3) is 0.409. The van der Waals surface area contributed by atoms with Crippen LogP contribution in [0.2, 0.25) is 0 Å². The van der Waals surface area contributed by atoms with Crippen molar-refractivity contribution in [2.24, 2.45) is 5.92 Å².